The Labute approximate surface area is 91.1 Å². The lowest BCUT2D eigenvalue weighted by atomic mass is 10.4. The average molecular weight is 255 g/mol. The molecule has 0 saturated heterocycles. The van der Waals surface area contributed by atoms with Crippen molar-refractivity contribution >= 4 is 9.93 Å². The van der Waals surface area contributed by atoms with E-state index in [1.54, 1.807) is 12.5 Å². The summed E-state index contributed by atoms with van der Waals surface area (Å²) in [6, 6.07) is 9.52. The molecule has 1 rings (SSSR count). The Hall–Kier alpha value is -0.500. The monoisotopic (exact) mass is 254 g/mol. The van der Waals surface area contributed by atoms with Crippen LogP contribution in [0, 0.1) is 10.2 Å². The van der Waals surface area contributed by atoms with Crippen LogP contribution in [0.3, 0.4) is 0 Å². The maximum Gasteiger partial charge on any atom is 0.157 e. The third-order valence-corrected chi connectivity index (χ3v) is 2.72. The largest absolute Gasteiger partial charge is 0.222 e. The van der Waals surface area contributed by atoms with E-state index in [0.717, 1.165) is 4.90 Å². The van der Waals surface area contributed by atoms with E-state index in [4.69, 9.17) is 18.6 Å². The number of benzene rings is 1. The fourth-order valence-electron chi connectivity index (χ4n) is 0.748. The van der Waals surface area contributed by atoms with Gasteiger partial charge in [0.05, 0.1) is 0 Å². The molecule has 0 fully saturated rings. The van der Waals surface area contributed by atoms with Crippen molar-refractivity contribution in [2.24, 2.45) is 0 Å². The Balaban J connectivity index is 0.000000336. The molecule has 86 valence electrons. The summed E-state index contributed by atoms with van der Waals surface area (Å²) in [6.45, 7) is 0. The van der Waals surface area contributed by atoms with Crippen LogP contribution in [0.2, 0.25) is 0 Å². The molecular formula is C8H11ClO5S. The van der Waals surface area contributed by atoms with Gasteiger partial charge in [0.15, 0.2) is 4.90 Å². The molecule has 0 spiro atoms. The second kappa shape index (κ2) is 5.55. The molecule has 0 aromatic heterocycles. The molecule has 0 unspecified atom stereocenters. The topological polar surface area (TPSA) is 109 Å². The predicted octanol–water partition coefficient (Wildman–Crippen LogP) is -2.95. The summed E-state index contributed by atoms with van der Waals surface area (Å²) in [5.41, 5.74) is 0. The van der Waals surface area contributed by atoms with E-state index in [2.05, 4.69) is 0 Å². The SMILES string of the molecule is C[S+](C)(=O)c1ccccc1.[O-][Cl+3]([O-])([O-])[O-]. The smallest absolute Gasteiger partial charge is 0.157 e. The van der Waals surface area contributed by atoms with Crippen LogP contribution >= 0.6 is 0 Å². The second-order valence-corrected chi connectivity index (χ2v) is 6.62. The molecule has 0 radical (unpaired) electrons. The van der Waals surface area contributed by atoms with Crippen LogP contribution in [-0.2, 0) is 14.1 Å². The van der Waals surface area contributed by atoms with E-state index >= 15 is 0 Å². The first-order valence-electron chi connectivity index (χ1n) is 3.72. The number of halogens is 1. The van der Waals surface area contributed by atoms with E-state index < -0.39 is 20.2 Å². The molecule has 0 aliphatic rings. The predicted molar refractivity (Wildman–Crippen MR) is 44.6 cm³/mol. The molecule has 0 N–H and O–H groups in total. The van der Waals surface area contributed by atoms with Gasteiger partial charge in [0.1, 0.15) is 22.4 Å². The van der Waals surface area contributed by atoms with E-state index in [9.17, 15) is 4.21 Å². The molecule has 0 amide bonds. The minimum Gasteiger partial charge on any atom is -0.222 e. The molecule has 0 atom stereocenters. The van der Waals surface area contributed by atoms with Crippen molar-refractivity contribution in [3.63, 3.8) is 0 Å². The van der Waals surface area contributed by atoms with Gasteiger partial charge in [-0.15, -0.1) is 14.5 Å². The van der Waals surface area contributed by atoms with Crippen LogP contribution in [0.1, 0.15) is 0 Å². The summed E-state index contributed by atoms with van der Waals surface area (Å²) < 4.78 is 45.4. The van der Waals surface area contributed by atoms with Gasteiger partial charge in [-0.1, -0.05) is 18.2 Å². The molecule has 1 aromatic rings. The molecule has 7 heteroatoms. The van der Waals surface area contributed by atoms with Gasteiger partial charge in [0.25, 0.3) is 0 Å². The zero-order chi connectivity index (χ0) is 12.1. The van der Waals surface area contributed by atoms with Crippen LogP contribution in [0.5, 0.6) is 0 Å². The lowest BCUT2D eigenvalue weighted by Crippen LogP contribution is -2.68. The molecule has 0 bridgehead atoms. The number of hydrogen-bond donors (Lipinski definition) is 0. The van der Waals surface area contributed by atoms with E-state index in [1.165, 1.54) is 0 Å². The standard InChI is InChI=1S/C8H11OS.ClHO4/c1-10(2,9)8-6-4-3-5-7-8;2-1(3,4)5/h3-7H,1-2H3;(H,2,3,4,5)/q+1;/p-1. The Morgan fingerprint density at radius 2 is 1.33 bits per heavy atom. The molecule has 5 nitrogen and oxygen atoms in total. The lowest BCUT2D eigenvalue weighted by molar-refractivity contribution is -2.00. The van der Waals surface area contributed by atoms with Crippen molar-refractivity contribution in [1.29, 1.82) is 0 Å². The van der Waals surface area contributed by atoms with Gasteiger partial charge < -0.3 is 0 Å². The quantitative estimate of drug-likeness (QED) is 0.498. The third-order valence-electron chi connectivity index (χ3n) is 1.31. The van der Waals surface area contributed by atoms with Gasteiger partial charge in [-0.05, 0) is 12.1 Å². The van der Waals surface area contributed by atoms with Crippen molar-refractivity contribution < 1.29 is 33.1 Å². The maximum absolute atomic E-state index is 11.4. The zero-order valence-electron chi connectivity index (χ0n) is 8.21. The molecule has 0 aliphatic heterocycles. The van der Waals surface area contributed by atoms with Gasteiger partial charge >= 0.3 is 0 Å². The highest BCUT2D eigenvalue weighted by atomic mass is 35.7. The molecular weight excluding hydrogens is 244 g/mol. The summed E-state index contributed by atoms with van der Waals surface area (Å²) in [6.07, 6.45) is 3.50. The first kappa shape index (κ1) is 14.5. The van der Waals surface area contributed by atoms with Crippen molar-refractivity contribution in [2.75, 3.05) is 12.5 Å². The van der Waals surface area contributed by atoms with Crippen molar-refractivity contribution in [3.8, 4) is 0 Å². The number of rotatable bonds is 1. The fraction of sp³-hybridized carbons (Fsp3) is 0.250. The Kier molecular flexibility index (Phi) is 5.36. The van der Waals surface area contributed by atoms with Gasteiger partial charge in [-0.3, -0.25) is 0 Å². The molecule has 0 heterocycles. The van der Waals surface area contributed by atoms with Gasteiger partial charge in [0, 0.05) is 0 Å². The summed E-state index contributed by atoms with van der Waals surface area (Å²) in [5, 5.41) is 0. The van der Waals surface area contributed by atoms with E-state index in [0.29, 0.717) is 0 Å². The van der Waals surface area contributed by atoms with Gasteiger partial charge in [0.2, 0.25) is 0 Å². The van der Waals surface area contributed by atoms with Gasteiger partial charge in [-0.2, -0.15) is 0 Å². The first-order valence-corrected chi connectivity index (χ1v) is 7.32. The Morgan fingerprint density at radius 1 is 1.00 bits per heavy atom. The summed E-state index contributed by atoms with van der Waals surface area (Å²) in [5.74, 6) is 0. The molecule has 15 heavy (non-hydrogen) atoms. The molecule has 0 saturated carbocycles. The summed E-state index contributed by atoms with van der Waals surface area (Å²) >= 11 is 0. The van der Waals surface area contributed by atoms with Crippen LogP contribution < -0.4 is 18.6 Å². The summed E-state index contributed by atoms with van der Waals surface area (Å²) in [7, 11) is -6.70. The highest BCUT2D eigenvalue weighted by Gasteiger charge is 2.15. The van der Waals surface area contributed by atoms with Crippen LogP contribution in [0.4, 0.5) is 0 Å². The summed E-state index contributed by atoms with van der Waals surface area (Å²) in [4.78, 5) is 0.926. The minimum absolute atomic E-state index is 0.926. The van der Waals surface area contributed by atoms with E-state index in [-0.39, 0.29) is 0 Å². The minimum atomic E-state index is -4.94. The third kappa shape index (κ3) is 9.80. The Bertz CT molecular complexity index is 323. The fourth-order valence-corrected chi connectivity index (χ4v) is 1.56. The normalized spacial score (nSPS) is 11.6. The van der Waals surface area contributed by atoms with Crippen molar-refractivity contribution in [3.05, 3.63) is 30.3 Å². The first-order chi connectivity index (χ1) is 6.61. The maximum atomic E-state index is 11.4. The second-order valence-electron chi connectivity index (χ2n) is 2.92. The number of hydrogen-bond acceptors (Lipinski definition) is 5. The average Bonchev–Trinajstić information content (AvgIpc) is 2.01. The van der Waals surface area contributed by atoms with Crippen molar-refractivity contribution in [1.82, 2.24) is 0 Å². The van der Waals surface area contributed by atoms with Crippen LogP contribution in [0.15, 0.2) is 35.2 Å². The van der Waals surface area contributed by atoms with Crippen molar-refractivity contribution in [2.45, 2.75) is 4.90 Å². The lowest BCUT2D eigenvalue weighted by Gasteiger charge is -2.17. The van der Waals surface area contributed by atoms with Crippen LogP contribution in [0.25, 0.3) is 0 Å². The molecule has 1 aromatic carbocycles. The highest BCUT2D eigenvalue weighted by Crippen LogP contribution is 2.11. The van der Waals surface area contributed by atoms with Gasteiger partial charge in [-0.25, -0.2) is 18.6 Å². The van der Waals surface area contributed by atoms with Crippen LogP contribution in [-0.4, -0.2) is 12.5 Å². The Morgan fingerprint density at radius 3 is 1.53 bits per heavy atom. The highest BCUT2D eigenvalue weighted by molar-refractivity contribution is 8.01. The van der Waals surface area contributed by atoms with E-state index in [1.807, 2.05) is 30.3 Å². The zero-order valence-corrected chi connectivity index (χ0v) is 9.79. The molecule has 0 aliphatic carbocycles.